The van der Waals surface area contributed by atoms with Crippen molar-refractivity contribution in [2.24, 2.45) is 0 Å². The highest BCUT2D eigenvalue weighted by molar-refractivity contribution is 5.95. The van der Waals surface area contributed by atoms with E-state index < -0.39 is 0 Å². The highest BCUT2D eigenvalue weighted by atomic mass is 16.5. The number of hydrogen-bond donors (Lipinski definition) is 1. The molecule has 6 heteroatoms. The van der Waals surface area contributed by atoms with E-state index in [1.165, 1.54) is 11.1 Å². The molecule has 0 bridgehead atoms. The molecule has 0 aliphatic heterocycles. The lowest BCUT2D eigenvalue weighted by molar-refractivity contribution is 0.0968. The minimum atomic E-state index is -0.0896. The quantitative estimate of drug-likeness (QED) is 0.674. The molecule has 0 amide bonds. The number of pyridine rings is 1. The summed E-state index contributed by atoms with van der Waals surface area (Å²) >= 11 is 0. The van der Waals surface area contributed by atoms with Gasteiger partial charge in [-0.3, -0.25) is 9.78 Å². The summed E-state index contributed by atoms with van der Waals surface area (Å²) in [6, 6.07) is 9.56. The van der Waals surface area contributed by atoms with Gasteiger partial charge in [-0.1, -0.05) is 24.2 Å². The summed E-state index contributed by atoms with van der Waals surface area (Å²) in [6.45, 7) is 1.89. The van der Waals surface area contributed by atoms with Gasteiger partial charge in [0.05, 0.1) is 6.61 Å². The number of aryl methyl sites for hydroxylation is 2. The van der Waals surface area contributed by atoms with Gasteiger partial charge in [-0.05, 0) is 53.6 Å². The van der Waals surface area contributed by atoms with E-state index in [1.807, 2.05) is 13.0 Å². The largest absolute Gasteiger partial charge is 0.392 e. The minimum Gasteiger partial charge on any atom is -0.392 e. The molecule has 1 aliphatic carbocycles. The van der Waals surface area contributed by atoms with Gasteiger partial charge in [-0.25, -0.2) is 0 Å². The summed E-state index contributed by atoms with van der Waals surface area (Å²) < 4.78 is 5.20. The third-order valence-electron chi connectivity index (χ3n) is 5.10. The maximum Gasteiger partial charge on any atom is 0.226 e. The molecule has 27 heavy (non-hydrogen) atoms. The van der Waals surface area contributed by atoms with Crippen LogP contribution in [0, 0.1) is 0 Å². The van der Waals surface area contributed by atoms with Gasteiger partial charge in [0.1, 0.15) is 5.69 Å². The first-order chi connectivity index (χ1) is 13.2. The van der Waals surface area contributed by atoms with Crippen molar-refractivity contribution in [3.8, 4) is 11.4 Å². The lowest BCUT2D eigenvalue weighted by Crippen LogP contribution is -2.08. The van der Waals surface area contributed by atoms with Crippen molar-refractivity contribution in [2.45, 2.75) is 45.1 Å². The maximum atomic E-state index is 12.6. The van der Waals surface area contributed by atoms with Gasteiger partial charge in [0.2, 0.25) is 11.7 Å². The number of nitrogens with zero attached hydrogens (tertiary/aromatic N) is 3. The van der Waals surface area contributed by atoms with Crippen LogP contribution in [0.2, 0.25) is 0 Å². The number of aromatic nitrogens is 3. The molecule has 0 saturated heterocycles. The van der Waals surface area contributed by atoms with Crippen molar-refractivity contribution in [1.82, 2.24) is 15.1 Å². The molecular weight excluding hydrogens is 342 g/mol. The minimum absolute atomic E-state index is 0.0120. The lowest BCUT2D eigenvalue weighted by Gasteiger charge is -2.11. The molecule has 0 spiro atoms. The third kappa shape index (κ3) is 3.53. The van der Waals surface area contributed by atoms with Gasteiger partial charge in [0.15, 0.2) is 5.78 Å². The molecule has 138 valence electrons. The van der Waals surface area contributed by atoms with E-state index in [-0.39, 0.29) is 18.3 Å². The smallest absolute Gasteiger partial charge is 0.226 e. The molecule has 1 atom stereocenters. The number of hydrogen-bond acceptors (Lipinski definition) is 6. The van der Waals surface area contributed by atoms with Crippen LogP contribution in [0.15, 0.2) is 41.1 Å². The molecule has 4 rings (SSSR count). The summed E-state index contributed by atoms with van der Waals surface area (Å²) in [5, 5.41) is 13.3. The van der Waals surface area contributed by atoms with Gasteiger partial charge in [-0.15, -0.1) is 0 Å². The second kappa shape index (κ2) is 7.40. The average Bonchev–Trinajstić information content (AvgIpc) is 3.35. The standard InChI is InChI=1S/C21H21N3O3/c1-2-20-23-21(24-27-20)16-5-6-17-14(10-16)3-4-15(17)11-19(26)18-9-13(12-25)7-8-22-18/h5-10,15,25H,2-4,11-12H2,1H3/t15-/m0/s1. The number of aliphatic hydroxyl groups excluding tert-OH is 1. The Hall–Kier alpha value is -2.86. The van der Waals surface area contributed by atoms with Crippen LogP contribution in [0.3, 0.4) is 0 Å². The molecule has 1 aromatic carbocycles. The predicted octanol–water partition coefficient (Wildman–Crippen LogP) is 3.49. The van der Waals surface area contributed by atoms with Crippen molar-refractivity contribution in [2.75, 3.05) is 0 Å². The van der Waals surface area contributed by atoms with E-state index in [4.69, 9.17) is 4.52 Å². The summed E-state index contributed by atoms with van der Waals surface area (Å²) in [4.78, 5) is 21.2. The van der Waals surface area contributed by atoms with Crippen molar-refractivity contribution < 1.29 is 14.4 Å². The highest BCUT2D eigenvalue weighted by Gasteiger charge is 2.26. The number of carbonyl (C=O) groups is 1. The molecular formula is C21H21N3O3. The Bertz CT molecular complexity index is 980. The fraction of sp³-hybridized carbons (Fsp3) is 0.333. The Labute approximate surface area is 157 Å². The second-order valence-corrected chi connectivity index (χ2v) is 6.85. The Morgan fingerprint density at radius 2 is 2.19 bits per heavy atom. The topological polar surface area (TPSA) is 89.1 Å². The van der Waals surface area contributed by atoms with E-state index >= 15 is 0 Å². The van der Waals surface area contributed by atoms with Gasteiger partial charge in [0, 0.05) is 24.6 Å². The third-order valence-corrected chi connectivity index (χ3v) is 5.10. The molecule has 2 heterocycles. The first kappa shape index (κ1) is 17.5. The Kier molecular flexibility index (Phi) is 4.81. The normalized spacial score (nSPS) is 15.7. The summed E-state index contributed by atoms with van der Waals surface area (Å²) in [6.07, 6.45) is 4.59. The van der Waals surface area contributed by atoms with Crippen LogP contribution >= 0.6 is 0 Å². The Morgan fingerprint density at radius 3 is 2.96 bits per heavy atom. The Balaban J connectivity index is 1.52. The zero-order valence-electron chi connectivity index (χ0n) is 15.2. The molecule has 2 aromatic heterocycles. The van der Waals surface area contributed by atoms with Gasteiger partial charge in [0.25, 0.3) is 0 Å². The molecule has 3 aromatic rings. The zero-order valence-corrected chi connectivity index (χ0v) is 15.2. The second-order valence-electron chi connectivity index (χ2n) is 6.85. The van der Waals surface area contributed by atoms with Crippen molar-refractivity contribution in [1.29, 1.82) is 0 Å². The molecule has 6 nitrogen and oxygen atoms in total. The maximum absolute atomic E-state index is 12.6. The lowest BCUT2D eigenvalue weighted by atomic mass is 9.93. The van der Waals surface area contributed by atoms with Crippen molar-refractivity contribution in [3.05, 3.63) is 64.8 Å². The number of ketones is 1. The number of fused-ring (bicyclic) bond motifs is 1. The van der Waals surface area contributed by atoms with E-state index in [1.54, 1.807) is 18.3 Å². The summed E-state index contributed by atoms with van der Waals surface area (Å²) in [5.74, 6) is 1.45. The molecule has 1 N–H and O–H groups in total. The average molecular weight is 363 g/mol. The molecule has 0 radical (unpaired) electrons. The molecule has 0 saturated carbocycles. The van der Waals surface area contributed by atoms with Crippen LogP contribution in [-0.4, -0.2) is 26.0 Å². The molecule has 0 unspecified atom stereocenters. The number of carbonyl (C=O) groups excluding carboxylic acids is 1. The number of aliphatic hydroxyl groups is 1. The monoisotopic (exact) mass is 363 g/mol. The van der Waals surface area contributed by atoms with Crippen LogP contribution in [0.25, 0.3) is 11.4 Å². The SMILES string of the molecule is CCc1nc(-c2ccc3c(c2)CC[C@H]3CC(=O)c2cc(CO)ccn2)no1. The van der Waals surface area contributed by atoms with E-state index in [2.05, 4.69) is 27.3 Å². The van der Waals surface area contributed by atoms with Gasteiger partial charge >= 0.3 is 0 Å². The molecule has 0 fully saturated rings. The first-order valence-electron chi connectivity index (χ1n) is 9.22. The van der Waals surface area contributed by atoms with Gasteiger partial charge < -0.3 is 9.63 Å². The Morgan fingerprint density at radius 1 is 1.30 bits per heavy atom. The van der Waals surface area contributed by atoms with Gasteiger partial charge in [-0.2, -0.15) is 4.98 Å². The highest BCUT2D eigenvalue weighted by Crippen LogP contribution is 2.38. The van der Waals surface area contributed by atoms with Crippen molar-refractivity contribution >= 4 is 5.78 Å². The number of Topliss-reactive ketones (excluding diaryl/α,β-unsaturated/α-hetero) is 1. The fourth-order valence-electron chi connectivity index (χ4n) is 3.63. The van der Waals surface area contributed by atoms with Crippen LogP contribution < -0.4 is 0 Å². The van der Waals surface area contributed by atoms with Crippen molar-refractivity contribution in [3.63, 3.8) is 0 Å². The molecule has 1 aliphatic rings. The van der Waals surface area contributed by atoms with E-state index in [0.717, 1.165) is 18.4 Å². The van der Waals surface area contributed by atoms with Crippen LogP contribution in [0.4, 0.5) is 0 Å². The van der Waals surface area contributed by atoms with Crippen LogP contribution in [0.5, 0.6) is 0 Å². The summed E-state index contributed by atoms with van der Waals surface area (Å²) in [7, 11) is 0. The van der Waals surface area contributed by atoms with Crippen LogP contribution in [0.1, 0.15) is 58.8 Å². The first-order valence-corrected chi connectivity index (χ1v) is 9.22. The van der Waals surface area contributed by atoms with Crippen LogP contribution in [-0.2, 0) is 19.4 Å². The van der Waals surface area contributed by atoms with E-state index in [0.29, 0.717) is 35.8 Å². The zero-order chi connectivity index (χ0) is 18.8. The summed E-state index contributed by atoms with van der Waals surface area (Å²) in [5.41, 5.74) is 4.53. The number of benzene rings is 1. The predicted molar refractivity (Wildman–Crippen MR) is 99.3 cm³/mol. The number of rotatable bonds is 6. The van der Waals surface area contributed by atoms with E-state index in [9.17, 15) is 9.90 Å². The fourth-order valence-corrected chi connectivity index (χ4v) is 3.63.